The number of esters is 3. The van der Waals surface area contributed by atoms with Gasteiger partial charge < -0.3 is 14.2 Å². The Kier molecular flexibility index (Phi) is 66.6. The Balaban J connectivity index is 4.36. The second-order valence-corrected chi connectivity index (χ2v) is 23.8. The first-order chi connectivity index (χ1) is 40.0. The normalized spacial score (nSPS) is 12.5. The largest absolute Gasteiger partial charge is 0.462 e. The van der Waals surface area contributed by atoms with Gasteiger partial charge >= 0.3 is 17.9 Å². The van der Waals surface area contributed by atoms with E-state index >= 15 is 0 Å². The van der Waals surface area contributed by atoms with Crippen LogP contribution in [0.25, 0.3) is 0 Å². The number of ether oxygens (including phenoxy) is 3. The van der Waals surface area contributed by atoms with E-state index in [2.05, 4.69) is 93.7 Å². The number of carbonyl (C=O) groups is 3. The van der Waals surface area contributed by atoms with E-state index in [1.165, 1.54) is 231 Å². The Morgan fingerprint density at radius 1 is 0.259 bits per heavy atom. The first-order valence-electron chi connectivity index (χ1n) is 35.4. The molecule has 0 saturated carbocycles. The van der Waals surface area contributed by atoms with E-state index in [0.29, 0.717) is 19.3 Å². The third-order valence-corrected chi connectivity index (χ3v) is 15.7. The molecular formula is C75H134O6. The predicted octanol–water partition coefficient (Wildman–Crippen LogP) is 24.4. The van der Waals surface area contributed by atoms with Gasteiger partial charge in [-0.05, 0) is 70.6 Å². The molecule has 1 atom stereocenters. The molecule has 0 N–H and O–H groups in total. The number of unbranched alkanes of at least 4 members (excludes halogenated alkanes) is 42. The quantitative estimate of drug-likeness (QED) is 0.0261. The maximum atomic E-state index is 12.9. The average Bonchev–Trinajstić information content (AvgIpc) is 3.47. The van der Waals surface area contributed by atoms with Gasteiger partial charge in [-0.3, -0.25) is 14.4 Å². The van der Waals surface area contributed by atoms with E-state index in [1.54, 1.807) is 0 Å². The molecule has 0 aliphatic heterocycles. The van der Waals surface area contributed by atoms with Crippen LogP contribution in [-0.2, 0) is 28.6 Å². The van der Waals surface area contributed by atoms with Gasteiger partial charge in [0, 0.05) is 19.3 Å². The van der Waals surface area contributed by atoms with Crippen LogP contribution in [0.15, 0.2) is 72.9 Å². The van der Waals surface area contributed by atoms with E-state index in [0.717, 1.165) is 89.9 Å². The highest BCUT2D eigenvalue weighted by Crippen LogP contribution is 2.18. The van der Waals surface area contributed by atoms with Crippen LogP contribution in [0.5, 0.6) is 0 Å². The number of hydrogen-bond acceptors (Lipinski definition) is 6. The van der Waals surface area contributed by atoms with Crippen molar-refractivity contribution in [1.29, 1.82) is 0 Å². The molecule has 0 amide bonds. The highest BCUT2D eigenvalue weighted by molar-refractivity contribution is 5.71. The third kappa shape index (κ3) is 67.5. The molecule has 0 radical (unpaired) electrons. The molecule has 1 unspecified atom stereocenters. The zero-order valence-corrected chi connectivity index (χ0v) is 54.1. The number of allylic oxidation sites excluding steroid dienone is 12. The van der Waals surface area contributed by atoms with Gasteiger partial charge in [0.05, 0.1) is 0 Å². The fraction of sp³-hybridized carbons (Fsp3) is 0.800. The van der Waals surface area contributed by atoms with Gasteiger partial charge in [-0.1, -0.05) is 351 Å². The molecule has 0 aromatic heterocycles. The topological polar surface area (TPSA) is 78.9 Å². The van der Waals surface area contributed by atoms with Crippen molar-refractivity contribution in [2.75, 3.05) is 13.2 Å². The molecule has 0 saturated heterocycles. The van der Waals surface area contributed by atoms with Gasteiger partial charge in [0.1, 0.15) is 13.2 Å². The molecule has 470 valence electrons. The van der Waals surface area contributed by atoms with Crippen LogP contribution in [-0.4, -0.2) is 37.2 Å². The van der Waals surface area contributed by atoms with Crippen molar-refractivity contribution < 1.29 is 28.6 Å². The van der Waals surface area contributed by atoms with Crippen LogP contribution in [0.3, 0.4) is 0 Å². The van der Waals surface area contributed by atoms with Gasteiger partial charge in [-0.2, -0.15) is 0 Å². The van der Waals surface area contributed by atoms with Crippen molar-refractivity contribution in [3.05, 3.63) is 72.9 Å². The summed E-state index contributed by atoms with van der Waals surface area (Å²) < 4.78 is 17.0. The molecule has 0 aromatic rings. The van der Waals surface area contributed by atoms with Gasteiger partial charge in [-0.15, -0.1) is 0 Å². The maximum Gasteiger partial charge on any atom is 0.306 e. The van der Waals surface area contributed by atoms with Crippen LogP contribution in [0, 0.1) is 0 Å². The molecule has 0 bridgehead atoms. The minimum absolute atomic E-state index is 0.0883. The lowest BCUT2D eigenvalue weighted by Crippen LogP contribution is -2.30. The summed E-state index contributed by atoms with van der Waals surface area (Å²) in [5, 5.41) is 0. The summed E-state index contributed by atoms with van der Waals surface area (Å²) in [4.78, 5) is 38.5. The highest BCUT2D eigenvalue weighted by Gasteiger charge is 2.19. The van der Waals surface area contributed by atoms with E-state index in [4.69, 9.17) is 14.2 Å². The molecule has 0 aliphatic rings. The van der Waals surface area contributed by atoms with E-state index < -0.39 is 6.10 Å². The molecule has 0 aromatic carbocycles. The lowest BCUT2D eigenvalue weighted by molar-refractivity contribution is -0.167. The van der Waals surface area contributed by atoms with Gasteiger partial charge in [0.2, 0.25) is 0 Å². The lowest BCUT2D eigenvalue weighted by atomic mass is 10.0. The van der Waals surface area contributed by atoms with Crippen LogP contribution < -0.4 is 0 Å². The predicted molar refractivity (Wildman–Crippen MR) is 353 cm³/mol. The van der Waals surface area contributed by atoms with Gasteiger partial charge in [0.25, 0.3) is 0 Å². The zero-order chi connectivity index (χ0) is 58.5. The van der Waals surface area contributed by atoms with E-state index in [-0.39, 0.29) is 37.5 Å². The molecule has 6 nitrogen and oxygen atoms in total. The summed E-state index contributed by atoms with van der Waals surface area (Å²) in [5.41, 5.74) is 0. The highest BCUT2D eigenvalue weighted by atomic mass is 16.6. The van der Waals surface area contributed by atoms with Crippen molar-refractivity contribution in [2.45, 2.75) is 374 Å². The molecule has 0 aliphatic carbocycles. The monoisotopic (exact) mass is 1130 g/mol. The molecule has 0 heterocycles. The second-order valence-electron chi connectivity index (χ2n) is 23.8. The zero-order valence-electron chi connectivity index (χ0n) is 54.1. The first-order valence-corrected chi connectivity index (χ1v) is 35.4. The Morgan fingerprint density at radius 3 is 0.753 bits per heavy atom. The summed E-state index contributed by atoms with van der Waals surface area (Å²) in [5.74, 6) is -0.908. The molecule has 0 rings (SSSR count). The van der Waals surface area contributed by atoms with Crippen molar-refractivity contribution in [2.24, 2.45) is 0 Å². The van der Waals surface area contributed by atoms with Gasteiger partial charge in [-0.25, -0.2) is 0 Å². The minimum Gasteiger partial charge on any atom is -0.462 e. The average molecular weight is 1130 g/mol. The summed E-state index contributed by atoms with van der Waals surface area (Å²) in [6, 6.07) is 0. The van der Waals surface area contributed by atoms with Crippen molar-refractivity contribution in [1.82, 2.24) is 0 Å². The summed E-state index contributed by atoms with van der Waals surface area (Å²) >= 11 is 0. The Hall–Kier alpha value is -3.15. The maximum absolute atomic E-state index is 12.9. The fourth-order valence-corrected chi connectivity index (χ4v) is 10.5. The van der Waals surface area contributed by atoms with Crippen molar-refractivity contribution in [3.8, 4) is 0 Å². The second kappa shape index (κ2) is 69.3. The Bertz CT molecular complexity index is 1490. The summed E-state index contributed by atoms with van der Waals surface area (Å²) in [6.45, 7) is 6.56. The van der Waals surface area contributed by atoms with Gasteiger partial charge in [0.15, 0.2) is 6.10 Å². The number of hydrogen-bond donors (Lipinski definition) is 0. The molecule has 81 heavy (non-hydrogen) atoms. The number of rotatable bonds is 65. The summed E-state index contributed by atoms with van der Waals surface area (Å²) in [6.07, 6.45) is 90.8. The first kappa shape index (κ1) is 77.9. The van der Waals surface area contributed by atoms with Crippen molar-refractivity contribution >= 4 is 17.9 Å². The number of carbonyl (C=O) groups excluding carboxylic acids is 3. The third-order valence-electron chi connectivity index (χ3n) is 15.7. The van der Waals surface area contributed by atoms with Crippen molar-refractivity contribution in [3.63, 3.8) is 0 Å². The van der Waals surface area contributed by atoms with E-state index in [1.807, 2.05) is 0 Å². The smallest absolute Gasteiger partial charge is 0.306 e. The van der Waals surface area contributed by atoms with Crippen LogP contribution in [0.4, 0.5) is 0 Å². The fourth-order valence-electron chi connectivity index (χ4n) is 10.5. The van der Waals surface area contributed by atoms with Crippen LogP contribution >= 0.6 is 0 Å². The molecule has 0 fully saturated rings. The van der Waals surface area contributed by atoms with Crippen LogP contribution in [0.1, 0.15) is 367 Å². The lowest BCUT2D eigenvalue weighted by Gasteiger charge is -2.18. The Labute approximate surface area is 503 Å². The Morgan fingerprint density at radius 2 is 0.481 bits per heavy atom. The SMILES string of the molecule is CC/C=C\C/C=C\C/C=C\C/C=C\C/C=C\C/C=C\CCCCC(=O)OC(COC(=O)CCCCCCCCCCCCCCCCCCC)COC(=O)CCCCCCCCCCCCCCCCCCCCCCCCCCC. The standard InChI is InChI=1S/C75H134O6/c1-4-7-10-13-16-19-22-25-28-31-33-35-36-37-38-40-41-44-47-50-53-56-59-62-65-68-74(77)80-71-72(70-79-73(76)67-64-61-58-55-52-49-46-43-30-27-24-21-18-15-12-9-6-3)81-75(78)69-66-63-60-57-54-51-48-45-42-39-34-32-29-26-23-20-17-14-11-8-5-2/h8,11,17,20,26,29,34,39,45,48,54,57,72H,4-7,9-10,12-16,18-19,21-25,27-28,30-33,35-38,40-44,46-47,49-53,55-56,58-71H2,1-3H3/b11-8-,20-17-,29-26-,39-34-,48-45-,57-54-. The minimum atomic E-state index is -0.798. The van der Waals surface area contributed by atoms with E-state index in [9.17, 15) is 14.4 Å². The molecular weight excluding hydrogens is 997 g/mol. The molecule has 0 spiro atoms. The molecule has 6 heteroatoms. The van der Waals surface area contributed by atoms with Crippen LogP contribution in [0.2, 0.25) is 0 Å². The summed E-state index contributed by atoms with van der Waals surface area (Å²) in [7, 11) is 0.